The Hall–Kier alpha value is -1.40. The van der Waals surface area contributed by atoms with Gasteiger partial charge >= 0.3 is 0 Å². The molecule has 0 radical (unpaired) electrons. The van der Waals surface area contributed by atoms with Gasteiger partial charge in [-0.2, -0.15) is 4.98 Å². The van der Waals surface area contributed by atoms with E-state index in [0.29, 0.717) is 17.9 Å². The van der Waals surface area contributed by atoms with Gasteiger partial charge in [0.15, 0.2) is 11.2 Å². The van der Waals surface area contributed by atoms with E-state index in [-0.39, 0.29) is 11.0 Å². The molecule has 0 bridgehead atoms. The molecule has 0 aromatic carbocycles. The highest BCUT2D eigenvalue weighted by Crippen LogP contribution is 2.32. The number of nitrogens with zero attached hydrogens (tertiary/aromatic N) is 4. The van der Waals surface area contributed by atoms with Crippen molar-refractivity contribution in [2.45, 2.75) is 44.2 Å². The summed E-state index contributed by atoms with van der Waals surface area (Å²) in [6, 6.07) is 0. The Kier molecular flexibility index (Phi) is 3.75. The summed E-state index contributed by atoms with van der Waals surface area (Å²) in [4.78, 5) is 13.0. The van der Waals surface area contributed by atoms with E-state index in [1.165, 1.54) is 6.33 Å². The smallest absolute Gasteiger partial charge is 0.245 e. The second kappa shape index (κ2) is 5.42. The third-order valence-corrected chi connectivity index (χ3v) is 4.07. The number of methoxy groups -OCH3 is 1. The summed E-state index contributed by atoms with van der Waals surface area (Å²) in [5.74, 6) is 1.23. The molecule has 2 unspecified atom stereocenters. The highest BCUT2D eigenvalue weighted by molar-refractivity contribution is 6.20. The number of ether oxygens (including phenoxy) is 2. The number of aromatic nitrogens is 4. The van der Waals surface area contributed by atoms with Crippen LogP contribution in [-0.4, -0.2) is 38.8 Å². The van der Waals surface area contributed by atoms with Crippen molar-refractivity contribution >= 4 is 22.8 Å². The Bertz CT molecular complexity index is 650. The molecule has 2 aromatic rings. The Morgan fingerprint density at radius 2 is 2.33 bits per heavy atom. The minimum absolute atomic E-state index is 0.202. The second-order valence-corrected chi connectivity index (χ2v) is 6.28. The summed E-state index contributed by atoms with van der Waals surface area (Å²) in [5.41, 5.74) is 1.18. The van der Waals surface area contributed by atoms with Crippen LogP contribution in [0.4, 0.5) is 0 Å². The molecule has 0 saturated carbocycles. The van der Waals surface area contributed by atoms with Crippen LogP contribution in [0.3, 0.4) is 0 Å². The molecular formula is C14H19ClN4O2. The molecule has 0 N–H and O–H groups in total. The van der Waals surface area contributed by atoms with Gasteiger partial charge in [-0.15, -0.1) is 11.6 Å². The molecule has 1 aliphatic heterocycles. The summed E-state index contributed by atoms with van der Waals surface area (Å²) in [5, 5.41) is -0.228. The number of alkyl halides is 1. The average molecular weight is 311 g/mol. The molecule has 6 nitrogen and oxygen atoms in total. The van der Waals surface area contributed by atoms with Gasteiger partial charge in [-0.3, -0.25) is 0 Å². The highest BCUT2D eigenvalue weighted by atomic mass is 35.5. The van der Waals surface area contributed by atoms with E-state index in [4.69, 9.17) is 21.1 Å². The lowest BCUT2D eigenvalue weighted by molar-refractivity contribution is 0.00638. The zero-order valence-corrected chi connectivity index (χ0v) is 13.2. The first-order valence-corrected chi connectivity index (χ1v) is 7.51. The van der Waals surface area contributed by atoms with E-state index in [1.807, 2.05) is 11.5 Å². The number of fused-ring (bicyclic) bond motifs is 1. The molecule has 3 heterocycles. The van der Waals surface area contributed by atoms with E-state index in [1.54, 1.807) is 7.11 Å². The molecule has 1 fully saturated rings. The molecule has 7 heteroatoms. The molecule has 3 rings (SSSR count). The van der Waals surface area contributed by atoms with Gasteiger partial charge in [-0.25, -0.2) is 9.97 Å². The number of rotatable bonds is 4. The topological polar surface area (TPSA) is 62.1 Å². The quantitative estimate of drug-likeness (QED) is 0.813. The highest BCUT2D eigenvalue weighted by Gasteiger charge is 2.33. The minimum Gasteiger partial charge on any atom is -0.479 e. The summed E-state index contributed by atoms with van der Waals surface area (Å²) >= 11 is 6.29. The fourth-order valence-corrected chi connectivity index (χ4v) is 3.00. The molecule has 0 aliphatic carbocycles. The fraction of sp³-hybridized carbons (Fsp3) is 0.643. The van der Waals surface area contributed by atoms with Crippen molar-refractivity contribution < 1.29 is 9.47 Å². The number of halogens is 1. The van der Waals surface area contributed by atoms with Gasteiger partial charge in [-0.1, -0.05) is 0 Å². The van der Waals surface area contributed by atoms with Gasteiger partial charge in [0, 0.05) is 6.61 Å². The molecule has 2 aromatic heterocycles. The second-order valence-electron chi connectivity index (χ2n) is 5.63. The van der Waals surface area contributed by atoms with Gasteiger partial charge in [0.1, 0.15) is 12.2 Å². The van der Waals surface area contributed by atoms with E-state index in [2.05, 4.69) is 21.9 Å². The molecule has 0 amide bonds. The lowest BCUT2D eigenvalue weighted by atomic mass is 10.0. The molecule has 0 spiro atoms. The molecule has 21 heavy (non-hydrogen) atoms. The summed E-state index contributed by atoms with van der Waals surface area (Å²) in [6.45, 7) is 5.49. The summed E-state index contributed by atoms with van der Waals surface area (Å²) in [6.07, 6.45) is 3.58. The van der Waals surface area contributed by atoms with Crippen LogP contribution in [0.25, 0.3) is 11.2 Å². The Morgan fingerprint density at radius 1 is 1.52 bits per heavy atom. The predicted molar refractivity (Wildman–Crippen MR) is 79.7 cm³/mol. The Balaban J connectivity index is 2.12. The van der Waals surface area contributed by atoms with Crippen molar-refractivity contribution in [2.24, 2.45) is 0 Å². The van der Waals surface area contributed by atoms with Crippen LogP contribution in [0.2, 0.25) is 0 Å². The van der Waals surface area contributed by atoms with Crippen LogP contribution in [0.15, 0.2) is 6.33 Å². The first-order valence-electron chi connectivity index (χ1n) is 7.07. The molecule has 2 atom stereocenters. The van der Waals surface area contributed by atoms with Gasteiger partial charge in [0.25, 0.3) is 0 Å². The lowest BCUT2D eigenvalue weighted by Gasteiger charge is -2.25. The maximum Gasteiger partial charge on any atom is 0.245 e. The number of hydrogen-bond acceptors (Lipinski definition) is 5. The van der Waals surface area contributed by atoms with E-state index >= 15 is 0 Å². The summed E-state index contributed by atoms with van der Waals surface area (Å²) in [7, 11) is 1.58. The molecule has 1 aliphatic rings. The van der Waals surface area contributed by atoms with Crippen molar-refractivity contribution in [1.82, 2.24) is 19.5 Å². The van der Waals surface area contributed by atoms with Crippen LogP contribution in [-0.2, 0) is 11.3 Å². The van der Waals surface area contributed by atoms with Gasteiger partial charge in [0.2, 0.25) is 5.88 Å². The van der Waals surface area contributed by atoms with Gasteiger partial charge < -0.3 is 14.0 Å². The first kappa shape index (κ1) is 14.5. The van der Waals surface area contributed by atoms with Gasteiger partial charge in [-0.05, 0) is 26.7 Å². The third kappa shape index (κ3) is 2.58. The monoisotopic (exact) mass is 310 g/mol. The van der Waals surface area contributed by atoms with E-state index in [0.717, 1.165) is 30.9 Å². The maximum absolute atomic E-state index is 6.29. The summed E-state index contributed by atoms with van der Waals surface area (Å²) < 4.78 is 13.2. The predicted octanol–water partition coefficient (Wildman–Crippen LogP) is 2.70. The molecular weight excluding hydrogens is 292 g/mol. The lowest BCUT2D eigenvalue weighted by Crippen LogP contribution is -2.30. The van der Waals surface area contributed by atoms with Crippen LogP contribution in [0.1, 0.15) is 37.9 Å². The molecule has 1 saturated heterocycles. The zero-order valence-electron chi connectivity index (χ0n) is 12.5. The van der Waals surface area contributed by atoms with Crippen molar-refractivity contribution in [2.75, 3.05) is 13.7 Å². The zero-order chi connectivity index (χ0) is 15.0. The normalized spacial score (nSPS) is 23.6. The SMILES string of the molecule is COc1ncnc2c1nc(C(C)Cl)n2CC1(C)CCCO1. The largest absolute Gasteiger partial charge is 0.479 e. The maximum atomic E-state index is 6.29. The Morgan fingerprint density at radius 3 is 2.95 bits per heavy atom. The van der Waals surface area contributed by atoms with Crippen LogP contribution >= 0.6 is 11.6 Å². The van der Waals surface area contributed by atoms with Crippen LogP contribution < -0.4 is 4.74 Å². The van der Waals surface area contributed by atoms with E-state index < -0.39 is 0 Å². The number of hydrogen-bond donors (Lipinski definition) is 0. The van der Waals surface area contributed by atoms with Crippen LogP contribution in [0.5, 0.6) is 5.88 Å². The minimum atomic E-state index is -0.228. The van der Waals surface area contributed by atoms with Crippen molar-refractivity contribution in [1.29, 1.82) is 0 Å². The van der Waals surface area contributed by atoms with E-state index in [9.17, 15) is 0 Å². The van der Waals surface area contributed by atoms with Crippen molar-refractivity contribution in [3.63, 3.8) is 0 Å². The first-order chi connectivity index (χ1) is 10.0. The third-order valence-electron chi connectivity index (χ3n) is 3.87. The van der Waals surface area contributed by atoms with Crippen molar-refractivity contribution in [3.05, 3.63) is 12.2 Å². The van der Waals surface area contributed by atoms with Crippen molar-refractivity contribution in [3.8, 4) is 5.88 Å². The average Bonchev–Trinajstić information content (AvgIpc) is 3.04. The van der Waals surface area contributed by atoms with Crippen LogP contribution in [0, 0.1) is 0 Å². The number of imidazole rings is 1. The Labute approximate surface area is 128 Å². The fourth-order valence-electron chi connectivity index (χ4n) is 2.84. The van der Waals surface area contributed by atoms with Gasteiger partial charge in [0.05, 0.1) is 24.6 Å². The molecule has 114 valence electrons. The standard InChI is InChI=1S/C14H19ClN4O2/c1-9(15)11-18-10-12(16-8-17-13(10)20-3)19(11)7-14(2)5-4-6-21-14/h8-9H,4-7H2,1-3H3.